The van der Waals surface area contributed by atoms with Crippen LogP contribution in [0.5, 0.6) is 0 Å². The minimum atomic E-state index is -0.285. The average Bonchev–Trinajstić information content (AvgIpc) is 2.47. The van der Waals surface area contributed by atoms with Crippen LogP contribution in [0.1, 0.15) is 39.0 Å². The molecule has 1 atom stereocenters. The molecule has 1 saturated heterocycles. The van der Waals surface area contributed by atoms with E-state index in [2.05, 4.69) is 6.92 Å². The Morgan fingerprint density at radius 1 is 1.60 bits per heavy atom. The fraction of sp³-hybridized carbons (Fsp3) is 0.818. The highest BCUT2D eigenvalue weighted by molar-refractivity contribution is 5.78. The Kier molecular flexibility index (Phi) is 4.59. The molecule has 1 aliphatic heterocycles. The molecule has 1 heterocycles. The zero-order chi connectivity index (χ0) is 11.3. The molecule has 1 aliphatic rings. The van der Waals surface area contributed by atoms with Gasteiger partial charge in [-0.3, -0.25) is 9.59 Å². The third-order valence-corrected chi connectivity index (χ3v) is 2.84. The monoisotopic (exact) mass is 212 g/mol. The smallest absolute Gasteiger partial charge is 0.222 e. The number of carbonyl (C=O) groups is 2. The zero-order valence-corrected chi connectivity index (χ0v) is 9.37. The number of likely N-dealkylation sites (tertiary alicyclic amines) is 1. The SMILES string of the molecule is CCCC1CC(=O)N(CCCC(N)=O)C1. The van der Waals surface area contributed by atoms with E-state index in [-0.39, 0.29) is 11.8 Å². The lowest BCUT2D eigenvalue weighted by molar-refractivity contribution is -0.128. The first-order valence-electron chi connectivity index (χ1n) is 5.69. The van der Waals surface area contributed by atoms with Gasteiger partial charge in [-0.2, -0.15) is 0 Å². The maximum atomic E-state index is 11.5. The Balaban J connectivity index is 2.25. The van der Waals surface area contributed by atoms with Crippen LogP contribution in [0.15, 0.2) is 0 Å². The van der Waals surface area contributed by atoms with Gasteiger partial charge < -0.3 is 10.6 Å². The molecule has 0 aromatic rings. The van der Waals surface area contributed by atoms with Crippen molar-refractivity contribution in [1.82, 2.24) is 4.90 Å². The first-order chi connectivity index (χ1) is 7.13. The highest BCUT2D eigenvalue weighted by atomic mass is 16.2. The van der Waals surface area contributed by atoms with Crippen molar-refractivity contribution in [2.45, 2.75) is 39.0 Å². The molecule has 0 saturated carbocycles. The second kappa shape index (κ2) is 5.73. The second-order valence-electron chi connectivity index (χ2n) is 4.27. The van der Waals surface area contributed by atoms with Crippen LogP contribution < -0.4 is 5.73 Å². The van der Waals surface area contributed by atoms with Crippen molar-refractivity contribution in [2.24, 2.45) is 11.7 Å². The van der Waals surface area contributed by atoms with E-state index in [4.69, 9.17) is 5.73 Å². The van der Waals surface area contributed by atoms with Gasteiger partial charge in [0.15, 0.2) is 0 Å². The molecule has 0 aromatic carbocycles. The summed E-state index contributed by atoms with van der Waals surface area (Å²) in [5, 5.41) is 0. The van der Waals surface area contributed by atoms with Crippen LogP contribution in [-0.4, -0.2) is 29.8 Å². The average molecular weight is 212 g/mol. The van der Waals surface area contributed by atoms with Gasteiger partial charge in [-0.05, 0) is 18.8 Å². The van der Waals surface area contributed by atoms with E-state index < -0.39 is 0 Å². The predicted octanol–water partition coefficient (Wildman–Crippen LogP) is 0.901. The van der Waals surface area contributed by atoms with E-state index in [0.717, 1.165) is 19.4 Å². The molecular formula is C11H20N2O2. The first kappa shape index (κ1) is 12.0. The molecule has 0 aliphatic carbocycles. The fourth-order valence-corrected chi connectivity index (χ4v) is 2.12. The Bertz CT molecular complexity index is 241. The van der Waals surface area contributed by atoms with E-state index in [0.29, 0.717) is 31.7 Å². The number of hydrogen-bond donors (Lipinski definition) is 1. The summed E-state index contributed by atoms with van der Waals surface area (Å²) in [7, 11) is 0. The lowest BCUT2D eigenvalue weighted by atomic mass is 10.0. The van der Waals surface area contributed by atoms with Gasteiger partial charge in [-0.15, -0.1) is 0 Å². The second-order valence-corrected chi connectivity index (χ2v) is 4.27. The number of hydrogen-bond acceptors (Lipinski definition) is 2. The van der Waals surface area contributed by atoms with Crippen molar-refractivity contribution in [3.63, 3.8) is 0 Å². The molecule has 4 heteroatoms. The van der Waals surface area contributed by atoms with E-state index >= 15 is 0 Å². The number of amides is 2. The van der Waals surface area contributed by atoms with Gasteiger partial charge in [0.05, 0.1) is 0 Å². The van der Waals surface area contributed by atoms with Gasteiger partial charge in [-0.25, -0.2) is 0 Å². The Hall–Kier alpha value is -1.06. The molecule has 0 spiro atoms. The van der Waals surface area contributed by atoms with Crippen molar-refractivity contribution < 1.29 is 9.59 Å². The quantitative estimate of drug-likeness (QED) is 0.711. The fourth-order valence-electron chi connectivity index (χ4n) is 2.12. The third kappa shape index (κ3) is 3.90. The zero-order valence-electron chi connectivity index (χ0n) is 9.37. The predicted molar refractivity (Wildman–Crippen MR) is 58.0 cm³/mol. The summed E-state index contributed by atoms with van der Waals surface area (Å²) in [6.07, 6.45) is 4.01. The van der Waals surface area contributed by atoms with Gasteiger partial charge in [-0.1, -0.05) is 13.3 Å². The highest BCUT2D eigenvalue weighted by Gasteiger charge is 2.28. The summed E-state index contributed by atoms with van der Waals surface area (Å²) in [6, 6.07) is 0. The van der Waals surface area contributed by atoms with E-state index in [9.17, 15) is 9.59 Å². The summed E-state index contributed by atoms with van der Waals surface area (Å²) in [5.74, 6) is 0.473. The maximum Gasteiger partial charge on any atom is 0.222 e. The van der Waals surface area contributed by atoms with Crippen molar-refractivity contribution >= 4 is 11.8 Å². The topological polar surface area (TPSA) is 63.4 Å². The van der Waals surface area contributed by atoms with Crippen LogP contribution in [0.4, 0.5) is 0 Å². The molecule has 0 aromatic heterocycles. The standard InChI is InChI=1S/C11H20N2O2/c1-2-4-9-7-11(15)13(8-9)6-3-5-10(12)14/h9H,2-8H2,1H3,(H2,12,14). The molecule has 2 N–H and O–H groups in total. The van der Waals surface area contributed by atoms with Crippen molar-refractivity contribution in [1.29, 1.82) is 0 Å². The highest BCUT2D eigenvalue weighted by Crippen LogP contribution is 2.22. The van der Waals surface area contributed by atoms with Crippen molar-refractivity contribution in [3.8, 4) is 0 Å². The third-order valence-electron chi connectivity index (χ3n) is 2.84. The summed E-state index contributed by atoms with van der Waals surface area (Å²) in [6.45, 7) is 3.69. The van der Waals surface area contributed by atoms with Gasteiger partial charge in [0, 0.05) is 25.9 Å². The lowest BCUT2D eigenvalue weighted by Gasteiger charge is -2.15. The van der Waals surface area contributed by atoms with Crippen LogP contribution >= 0.6 is 0 Å². The number of nitrogens with zero attached hydrogens (tertiary/aromatic N) is 1. The molecule has 1 unspecified atom stereocenters. The van der Waals surface area contributed by atoms with Crippen LogP contribution in [0.2, 0.25) is 0 Å². The number of rotatable bonds is 6. The summed E-state index contributed by atoms with van der Waals surface area (Å²) >= 11 is 0. The molecule has 1 fully saturated rings. The molecule has 86 valence electrons. The Morgan fingerprint density at radius 3 is 2.93 bits per heavy atom. The van der Waals surface area contributed by atoms with Crippen LogP contribution in [-0.2, 0) is 9.59 Å². The molecule has 15 heavy (non-hydrogen) atoms. The van der Waals surface area contributed by atoms with Gasteiger partial charge in [0.1, 0.15) is 0 Å². The normalized spacial score (nSPS) is 21.0. The molecule has 4 nitrogen and oxygen atoms in total. The Labute approximate surface area is 90.8 Å². The van der Waals surface area contributed by atoms with Crippen molar-refractivity contribution in [2.75, 3.05) is 13.1 Å². The maximum absolute atomic E-state index is 11.5. The summed E-state index contributed by atoms with van der Waals surface area (Å²) in [5.41, 5.74) is 5.04. The van der Waals surface area contributed by atoms with Crippen molar-refractivity contribution in [3.05, 3.63) is 0 Å². The molecular weight excluding hydrogens is 192 g/mol. The van der Waals surface area contributed by atoms with Gasteiger partial charge in [0.25, 0.3) is 0 Å². The Morgan fingerprint density at radius 2 is 2.33 bits per heavy atom. The largest absolute Gasteiger partial charge is 0.370 e. The van der Waals surface area contributed by atoms with Gasteiger partial charge >= 0.3 is 0 Å². The van der Waals surface area contributed by atoms with E-state index in [1.165, 1.54) is 0 Å². The summed E-state index contributed by atoms with van der Waals surface area (Å²) < 4.78 is 0. The minimum Gasteiger partial charge on any atom is -0.370 e. The number of carbonyl (C=O) groups excluding carboxylic acids is 2. The molecule has 0 bridgehead atoms. The summed E-state index contributed by atoms with van der Waals surface area (Å²) in [4.78, 5) is 23.9. The van der Waals surface area contributed by atoms with Crippen LogP contribution in [0, 0.1) is 5.92 Å². The van der Waals surface area contributed by atoms with E-state index in [1.807, 2.05) is 4.90 Å². The van der Waals surface area contributed by atoms with Crippen LogP contribution in [0.3, 0.4) is 0 Å². The molecule has 1 rings (SSSR count). The number of nitrogens with two attached hydrogens (primary N) is 1. The van der Waals surface area contributed by atoms with E-state index in [1.54, 1.807) is 0 Å². The minimum absolute atomic E-state index is 0.234. The first-order valence-corrected chi connectivity index (χ1v) is 5.69. The molecule has 0 radical (unpaired) electrons. The van der Waals surface area contributed by atoms with Gasteiger partial charge in [0.2, 0.25) is 11.8 Å². The lowest BCUT2D eigenvalue weighted by Crippen LogP contribution is -2.27. The number of primary amides is 1. The van der Waals surface area contributed by atoms with Crippen LogP contribution in [0.25, 0.3) is 0 Å². The molecule has 2 amide bonds.